The minimum atomic E-state index is -0.126. The molecule has 2 aromatic rings. The fourth-order valence-corrected chi connectivity index (χ4v) is 2.83. The first kappa shape index (κ1) is 18.5. The van der Waals surface area contributed by atoms with Gasteiger partial charge in [0.05, 0.1) is 6.54 Å². The number of carbonyl (C=O) groups is 2. The third-order valence-electron chi connectivity index (χ3n) is 4.33. The monoisotopic (exact) mass is 415 g/mol. The molecular weight excluding hydrogens is 394 g/mol. The van der Waals surface area contributed by atoms with E-state index in [0.29, 0.717) is 0 Å². The number of carbonyl (C=O) groups excluding carboxylic acids is 2. The Morgan fingerprint density at radius 1 is 1.00 bits per heavy atom. The fraction of sp³-hybridized carbons (Fsp3) is 0.300. The van der Waals surface area contributed by atoms with Crippen molar-refractivity contribution in [2.75, 3.05) is 22.5 Å². The van der Waals surface area contributed by atoms with Gasteiger partial charge in [-0.2, -0.15) is 0 Å². The molecule has 0 heterocycles. The van der Waals surface area contributed by atoms with Crippen LogP contribution in [0.25, 0.3) is 0 Å². The quantitative estimate of drug-likeness (QED) is 0.651. The van der Waals surface area contributed by atoms with Crippen molar-refractivity contribution in [2.45, 2.75) is 26.7 Å². The van der Waals surface area contributed by atoms with E-state index in [2.05, 4.69) is 31.9 Å². The second-order valence-electron chi connectivity index (χ2n) is 6.66. The maximum Gasteiger partial charge on any atom is 0.243 e. The van der Waals surface area contributed by atoms with Crippen LogP contribution in [0.4, 0.5) is 17.1 Å². The summed E-state index contributed by atoms with van der Waals surface area (Å²) >= 11 is 3.45. The summed E-state index contributed by atoms with van der Waals surface area (Å²) in [6, 6.07) is 11.4. The molecule has 0 aliphatic heterocycles. The fourth-order valence-electron chi connectivity index (χ4n) is 2.58. The lowest BCUT2D eigenvalue weighted by Gasteiger charge is -2.13. The van der Waals surface area contributed by atoms with Gasteiger partial charge in [0.2, 0.25) is 11.8 Å². The summed E-state index contributed by atoms with van der Waals surface area (Å²) in [5, 5.41) is 8.95. The van der Waals surface area contributed by atoms with E-state index in [1.54, 1.807) is 0 Å². The molecule has 0 saturated heterocycles. The highest BCUT2D eigenvalue weighted by Crippen LogP contribution is 2.30. The molecule has 0 spiro atoms. The molecule has 2 aromatic carbocycles. The number of anilines is 3. The standard InChI is InChI=1S/C20H22BrN3O2/c1-12-3-6-16(24-20(26)14-4-5-14)10-18(12)22-11-19(25)23-15-7-8-17(21)13(2)9-15/h3,6-10,14,22H,4-5,11H2,1-2H3,(H,23,25)(H,24,26). The summed E-state index contributed by atoms with van der Waals surface area (Å²) in [5.41, 5.74) is 4.42. The molecule has 6 heteroatoms. The van der Waals surface area contributed by atoms with Crippen molar-refractivity contribution in [3.63, 3.8) is 0 Å². The number of halogens is 1. The number of aryl methyl sites for hydroxylation is 2. The van der Waals surface area contributed by atoms with E-state index in [1.165, 1.54) is 0 Å². The summed E-state index contributed by atoms with van der Waals surface area (Å²) in [4.78, 5) is 24.1. The summed E-state index contributed by atoms with van der Waals surface area (Å²) in [6.07, 6.45) is 1.94. The molecule has 3 N–H and O–H groups in total. The Bertz CT molecular complexity index is 847. The number of benzene rings is 2. The van der Waals surface area contributed by atoms with Crippen molar-refractivity contribution in [1.82, 2.24) is 0 Å². The zero-order valence-corrected chi connectivity index (χ0v) is 16.4. The zero-order chi connectivity index (χ0) is 18.7. The van der Waals surface area contributed by atoms with Gasteiger partial charge in [0.25, 0.3) is 0 Å². The first-order valence-electron chi connectivity index (χ1n) is 8.64. The summed E-state index contributed by atoms with van der Waals surface area (Å²) in [5.74, 6) is 0.106. The molecule has 26 heavy (non-hydrogen) atoms. The van der Waals surface area contributed by atoms with Gasteiger partial charge in [-0.15, -0.1) is 0 Å². The van der Waals surface area contributed by atoms with Gasteiger partial charge >= 0.3 is 0 Å². The molecule has 1 saturated carbocycles. The van der Waals surface area contributed by atoms with Crippen molar-refractivity contribution in [3.05, 3.63) is 52.0 Å². The largest absolute Gasteiger partial charge is 0.376 e. The molecule has 0 bridgehead atoms. The number of nitrogens with one attached hydrogen (secondary N) is 3. The van der Waals surface area contributed by atoms with E-state index in [9.17, 15) is 9.59 Å². The molecule has 2 amide bonds. The van der Waals surface area contributed by atoms with Crippen LogP contribution in [0.1, 0.15) is 24.0 Å². The molecule has 3 rings (SSSR count). The first-order chi connectivity index (χ1) is 12.4. The lowest BCUT2D eigenvalue weighted by molar-refractivity contribution is -0.117. The summed E-state index contributed by atoms with van der Waals surface area (Å²) in [7, 11) is 0. The highest BCUT2D eigenvalue weighted by molar-refractivity contribution is 9.10. The van der Waals surface area contributed by atoms with E-state index >= 15 is 0 Å². The highest BCUT2D eigenvalue weighted by atomic mass is 79.9. The van der Waals surface area contributed by atoms with Gasteiger partial charge in [-0.05, 0) is 68.1 Å². The van der Waals surface area contributed by atoms with Crippen LogP contribution in [0.3, 0.4) is 0 Å². The molecular formula is C20H22BrN3O2. The third kappa shape index (κ3) is 4.85. The Hall–Kier alpha value is -2.34. The Kier molecular flexibility index (Phi) is 5.61. The average molecular weight is 416 g/mol. The topological polar surface area (TPSA) is 70.2 Å². The van der Waals surface area contributed by atoms with Crippen LogP contribution in [0.2, 0.25) is 0 Å². The lowest BCUT2D eigenvalue weighted by Crippen LogP contribution is -2.22. The Morgan fingerprint density at radius 3 is 2.38 bits per heavy atom. The van der Waals surface area contributed by atoms with Gasteiger partial charge in [0.1, 0.15) is 0 Å². The zero-order valence-electron chi connectivity index (χ0n) is 14.9. The first-order valence-corrected chi connectivity index (χ1v) is 9.43. The van der Waals surface area contributed by atoms with Gasteiger partial charge in [-0.25, -0.2) is 0 Å². The van der Waals surface area contributed by atoms with E-state index in [1.807, 2.05) is 50.2 Å². The van der Waals surface area contributed by atoms with E-state index in [-0.39, 0.29) is 24.3 Å². The second kappa shape index (κ2) is 7.91. The van der Waals surface area contributed by atoms with E-state index in [4.69, 9.17) is 0 Å². The number of hydrogen-bond donors (Lipinski definition) is 3. The molecule has 1 aliphatic carbocycles. The molecule has 0 atom stereocenters. The normalized spacial score (nSPS) is 13.2. The van der Waals surface area contributed by atoms with Crippen molar-refractivity contribution in [1.29, 1.82) is 0 Å². The molecule has 136 valence electrons. The van der Waals surface area contributed by atoms with Crippen LogP contribution in [0.15, 0.2) is 40.9 Å². The molecule has 5 nitrogen and oxygen atoms in total. The van der Waals surface area contributed by atoms with Crippen molar-refractivity contribution in [2.24, 2.45) is 5.92 Å². The maximum absolute atomic E-state index is 12.2. The van der Waals surface area contributed by atoms with Crippen molar-refractivity contribution in [3.8, 4) is 0 Å². The minimum absolute atomic E-state index is 0.0724. The predicted octanol–water partition coefficient (Wildman–Crippen LogP) is 4.47. The van der Waals surface area contributed by atoms with Crippen LogP contribution >= 0.6 is 15.9 Å². The minimum Gasteiger partial charge on any atom is -0.376 e. The second-order valence-corrected chi connectivity index (χ2v) is 7.51. The van der Waals surface area contributed by atoms with E-state index in [0.717, 1.165) is 45.5 Å². The SMILES string of the molecule is Cc1cc(NC(=O)CNc2cc(NC(=O)C3CC3)ccc2C)ccc1Br. The third-order valence-corrected chi connectivity index (χ3v) is 5.22. The van der Waals surface area contributed by atoms with Gasteiger partial charge in [0, 0.05) is 27.5 Å². The lowest BCUT2D eigenvalue weighted by atomic mass is 10.1. The summed E-state index contributed by atoms with van der Waals surface area (Å²) < 4.78 is 1.01. The van der Waals surface area contributed by atoms with Crippen LogP contribution in [-0.4, -0.2) is 18.4 Å². The van der Waals surface area contributed by atoms with Crippen LogP contribution < -0.4 is 16.0 Å². The predicted molar refractivity (Wildman–Crippen MR) is 109 cm³/mol. The molecule has 0 radical (unpaired) electrons. The van der Waals surface area contributed by atoms with Crippen LogP contribution in [-0.2, 0) is 9.59 Å². The van der Waals surface area contributed by atoms with Crippen molar-refractivity contribution >= 4 is 44.8 Å². The molecule has 0 aromatic heterocycles. The Balaban J connectivity index is 1.58. The van der Waals surface area contributed by atoms with Gasteiger partial charge < -0.3 is 16.0 Å². The number of amides is 2. The highest BCUT2D eigenvalue weighted by Gasteiger charge is 2.29. The van der Waals surface area contributed by atoms with Gasteiger partial charge in [0.15, 0.2) is 0 Å². The maximum atomic E-state index is 12.2. The molecule has 1 aliphatic rings. The van der Waals surface area contributed by atoms with Gasteiger partial charge in [-0.3, -0.25) is 9.59 Å². The number of rotatable bonds is 6. The van der Waals surface area contributed by atoms with Gasteiger partial charge in [-0.1, -0.05) is 22.0 Å². The van der Waals surface area contributed by atoms with Crippen LogP contribution in [0.5, 0.6) is 0 Å². The summed E-state index contributed by atoms with van der Waals surface area (Å²) in [6.45, 7) is 4.09. The smallest absolute Gasteiger partial charge is 0.243 e. The Labute approximate surface area is 161 Å². The van der Waals surface area contributed by atoms with Crippen molar-refractivity contribution < 1.29 is 9.59 Å². The van der Waals surface area contributed by atoms with Crippen LogP contribution in [0, 0.1) is 19.8 Å². The Morgan fingerprint density at radius 2 is 1.69 bits per heavy atom. The van der Waals surface area contributed by atoms with E-state index < -0.39 is 0 Å². The number of hydrogen-bond acceptors (Lipinski definition) is 3. The average Bonchev–Trinajstić information content (AvgIpc) is 3.44. The molecule has 1 fully saturated rings. The molecule has 0 unspecified atom stereocenters.